The molecule has 0 bridgehead atoms. The number of ether oxygens (including phenoxy) is 1. The van der Waals surface area contributed by atoms with E-state index in [-0.39, 0.29) is 12.1 Å². The lowest BCUT2D eigenvalue weighted by molar-refractivity contribution is 0.0606. The Kier molecular flexibility index (Phi) is 5.18. The Morgan fingerprint density at radius 3 is 3.05 bits per heavy atom. The van der Waals surface area contributed by atoms with Crippen LogP contribution in [0.3, 0.4) is 0 Å². The second-order valence-corrected chi connectivity index (χ2v) is 6.79. The predicted molar refractivity (Wildman–Crippen MR) is 80.1 cm³/mol. The number of methoxy groups -OCH3 is 1. The highest BCUT2D eigenvalue weighted by Gasteiger charge is 2.26. The number of nitrogens with zero attached hydrogens (tertiary/aromatic N) is 1. The first-order chi connectivity index (χ1) is 9.51. The van der Waals surface area contributed by atoms with E-state index in [1.165, 1.54) is 35.3 Å². The lowest BCUT2D eigenvalue weighted by atomic mass is 10.1. The molecule has 0 aliphatic carbocycles. The van der Waals surface area contributed by atoms with Gasteiger partial charge in [0.2, 0.25) is 0 Å². The molecule has 1 saturated heterocycles. The van der Waals surface area contributed by atoms with Crippen LogP contribution in [0.15, 0.2) is 6.07 Å². The molecule has 2 rings (SSSR count). The van der Waals surface area contributed by atoms with Crippen LogP contribution in [0.4, 0.5) is 0 Å². The molecule has 0 radical (unpaired) electrons. The summed E-state index contributed by atoms with van der Waals surface area (Å²) in [6, 6.07) is 2.40. The van der Waals surface area contributed by atoms with Crippen molar-refractivity contribution in [3.8, 4) is 0 Å². The van der Waals surface area contributed by atoms with Gasteiger partial charge in [0.25, 0.3) is 0 Å². The van der Waals surface area contributed by atoms with Gasteiger partial charge in [-0.1, -0.05) is 0 Å². The van der Waals surface area contributed by atoms with Gasteiger partial charge in [0, 0.05) is 17.5 Å². The van der Waals surface area contributed by atoms with E-state index >= 15 is 0 Å². The molecule has 20 heavy (non-hydrogen) atoms. The standard InChI is InChI=1S/C15H23NO3S/c1-10(17)7-13-5-4-6-16(13)9-12-8-14(15(18)19-3)20-11(12)2/h8,10,13,17H,4-7,9H2,1-3H3. The Hall–Kier alpha value is -0.910. The monoisotopic (exact) mass is 297 g/mol. The Bertz CT molecular complexity index is 470. The van der Waals surface area contributed by atoms with E-state index in [9.17, 15) is 9.90 Å². The molecule has 5 heteroatoms. The second kappa shape index (κ2) is 6.70. The summed E-state index contributed by atoms with van der Waals surface area (Å²) in [6.07, 6.45) is 2.91. The average molecular weight is 297 g/mol. The van der Waals surface area contributed by atoms with Gasteiger partial charge in [-0.05, 0) is 51.3 Å². The maximum absolute atomic E-state index is 11.6. The lowest BCUT2D eigenvalue weighted by Crippen LogP contribution is -2.31. The van der Waals surface area contributed by atoms with E-state index in [4.69, 9.17) is 4.74 Å². The van der Waals surface area contributed by atoms with Crippen LogP contribution < -0.4 is 0 Å². The molecule has 0 spiro atoms. The molecule has 112 valence electrons. The van der Waals surface area contributed by atoms with Gasteiger partial charge in [-0.15, -0.1) is 11.3 Å². The Morgan fingerprint density at radius 2 is 2.40 bits per heavy atom. The van der Waals surface area contributed by atoms with Crippen LogP contribution in [0.5, 0.6) is 0 Å². The molecule has 1 aliphatic rings. The molecule has 1 aromatic heterocycles. The highest BCUT2D eigenvalue weighted by Crippen LogP contribution is 2.28. The summed E-state index contributed by atoms with van der Waals surface area (Å²) < 4.78 is 4.77. The van der Waals surface area contributed by atoms with Crippen molar-refractivity contribution in [3.05, 3.63) is 21.4 Å². The number of thiophene rings is 1. The molecule has 0 saturated carbocycles. The van der Waals surface area contributed by atoms with Gasteiger partial charge in [-0.2, -0.15) is 0 Å². The minimum atomic E-state index is -0.258. The fraction of sp³-hybridized carbons (Fsp3) is 0.667. The zero-order chi connectivity index (χ0) is 14.7. The summed E-state index contributed by atoms with van der Waals surface area (Å²) in [6.45, 7) is 5.82. The maximum atomic E-state index is 11.6. The highest BCUT2D eigenvalue weighted by molar-refractivity contribution is 7.14. The van der Waals surface area contributed by atoms with Crippen LogP contribution in [0.25, 0.3) is 0 Å². The van der Waals surface area contributed by atoms with Gasteiger partial charge in [0.1, 0.15) is 4.88 Å². The lowest BCUT2D eigenvalue weighted by Gasteiger charge is -2.25. The Labute approximate surface area is 124 Å². The molecule has 2 unspecified atom stereocenters. The number of hydrogen-bond donors (Lipinski definition) is 1. The Balaban J connectivity index is 2.05. The van der Waals surface area contributed by atoms with E-state index in [2.05, 4.69) is 4.90 Å². The van der Waals surface area contributed by atoms with Crippen molar-refractivity contribution in [2.75, 3.05) is 13.7 Å². The van der Waals surface area contributed by atoms with Gasteiger partial charge >= 0.3 is 5.97 Å². The number of carbonyl (C=O) groups is 1. The first kappa shape index (κ1) is 15.5. The zero-order valence-electron chi connectivity index (χ0n) is 12.4. The minimum Gasteiger partial charge on any atom is -0.465 e. The van der Waals surface area contributed by atoms with Crippen molar-refractivity contribution < 1.29 is 14.6 Å². The third-order valence-corrected chi connectivity index (χ3v) is 4.97. The number of hydrogen-bond acceptors (Lipinski definition) is 5. The summed E-state index contributed by atoms with van der Waals surface area (Å²) in [5, 5.41) is 9.57. The van der Waals surface area contributed by atoms with Crippen molar-refractivity contribution >= 4 is 17.3 Å². The maximum Gasteiger partial charge on any atom is 0.348 e. The van der Waals surface area contributed by atoms with Crippen LogP contribution >= 0.6 is 11.3 Å². The van der Waals surface area contributed by atoms with Crippen molar-refractivity contribution in [1.29, 1.82) is 0 Å². The highest BCUT2D eigenvalue weighted by atomic mass is 32.1. The smallest absolute Gasteiger partial charge is 0.348 e. The van der Waals surface area contributed by atoms with Crippen LogP contribution in [-0.4, -0.2) is 41.8 Å². The van der Waals surface area contributed by atoms with Crippen LogP contribution in [-0.2, 0) is 11.3 Å². The van der Waals surface area contributed by atoms with Crippen molar-refractivity contribution in [3.63, 3.8) is 0 Å². The summed E-state index contributed by atoms with van der Waals surface area (Å²) in [4.78, 5) is 15.8. The van der Waals surface area contributed by atoms with Gasteiger partial charge in [0.05, 0.1) is 13.2 Å². The molecule has 1 fully saturated rings. The first-order valence-corrected chi connectivity index (χ1v) is 7.92. The molecule has 0 aromatic carbocycles. The molecule has 2 atom stereocenters. The SMILES string of the molecule is COC(=O)c1cc(CN2CCCC2CC(C)O)c(C)s1. The molecule has 0 amide bonds. The number of esters is 1. The van der Waals surface area contributed by atoms with E-state index in [0.29, 0.717) is 10.9 Å². The number of carbonyl (C=O) groups excluding carboxylic acids is 1. The van der Waals surface area contributed by atoms with Crippen molar-refractivity contribution in [2.24, 2.45) is 0 Å². The van der Waals surface area contributed by atoms with Crippen LogP contribution in [0, 0.1) is 6.92 Å². The van der Waals surface area contributed by atoms with Gasteiger partial charge in [-0.3, -0.25) is 4.90 Å². The Morgan fingerprint density at radius 1 is 1.65 bits per heavy atom. The zero-order valence-corrected chi connectivity index (χ0v) is 13.2. The predicted octanol–water partition coefficient (Wildman–Crippen LogP) is 2.58. The fourth-order valence-corrected chi connectivity index (χ4v) is 3.81. The summed E-state index contributed by atoms with van der Waals surface area (Å²) in [5.74, 6) is -0.258. The topological polar surface area (TPSA) is 49.8 Å². The van der Waals surface area contributed by atoms with Gasteiger partial charge in [-0.25, -0.2) is 4.79 Å². The van der Waals surface area contributed by atoms with Crippen LogP contribution in [0.1, 0.15) is 46.3 Å². The van der Waals surface area contributed by atoms with Gasteiger partial charge in [0.15, 0.2) is 0 Å². The van der Waals surface area contributed by atoms with E-state index in [1.807, 2.05) is 19.9 Å². The molecule has 2 heterocycles. The quantitative estimate of drug-likeness (QED) is 0.849. The van der Waals surface area contributed by atoms with Gasteiger partial charge < -0.3 is 9.84 Å². The molecule has 1 aliphatic heterocycles. The number of likely N-dealkylation sites (tertiary alicyclic amines) is 1. The number of aliphatic hydroxyl groups excluding tert-OH is 1. The average Bonchev–Trinajstić information content (AvgIpc) is 2.97. The number of aryl methyl sites for hydroxylation is 1. The van der Waals surface area contributed by atoms with E-state index in [1.54, 1.807) is 0 Å². The first-order valence-electron chi connectivity index (χ1n) is 7.11. The molecular formula is C15H23NO3S. The number of rotatable bonds is 5. The van der Waals surface area contributed by atoms with Crippen molar-refractivity contribution in [1.82, 2.24) is 4.90 Å². The van der Waals surface area contributed by atoms with Crippen LogP contribution in [0.2, 0.25) is 0 Å². The minimum absolute atomic E-state index is 0.255. The third-order valence-electron chi connectivity index (χ3n) is 3.89. The normalized spacial score (nSPS) is 21.1. The summed E-state index contributed by atoms with van der Waals surface area (Å²) in [5.41, 5.74) is 1.20. The third kappa shape index (κ3) is 3.59. The van der Waals surface area contributed by atoms with Crippen molar-refractivity contribution in [2.45, 2.75) is 51.8 Å². The largest absolute Gasteiger partial charge is 0.465 e. The summed E-state index contributed by atoms with van der Waals surface area (Å²) >= 11 is 1.49. The number of aliphatic hydroxyl groups is 1. The molecule has 1 aromatic rings. The second-order valence-electron chi connectivity index (χ2n) is 5.53. The van der Waals surface area contributed by atoms with E-state index < -0.39 is 0 Å². The molecule has 4 nitrogen and oxygen atoms in total. The molecule has 1 N–H and O–H groups in total. The fourth-order valence-electron chi connectivity index (χ4n) is 2.86. The van der Waals surface area contributed by atoms with E-state index in [0.717, 1.165) is 25.9 Å². The summed E-state index contributed by atoms with van der Waals surface area (Å²) in [7, 11) is 1.41. The molecular weight excluding hydrogens is 274 g/mol.